The van der Waals surface area contributed by atoms with Gasteiger partial charge < -0.3 is 0 Å². The van der Waals surface area contributed by atoms with Crippen molar-refractivity contribution >= 4 is 0 Å². The minimum Gasteiger partial charge on any atom is -0.271 e. The normalized spacial score (nSPS) is 18.9. The van der Waals surface area contributed by atoms with Crippen LogP contribution >= 0.6 is 0 Å². The molecule has 4 heteroatoms. The van der Waals surface area contributed by atoms with Crippen molar-refractivity contribution in [1.29, 1.82) is 0 Å². The van der Waals surface area contributed by atoms with E-state index >= 15 is 0 Å². The van der Waals surface area contributed by atoms with Gasteiger partial charge in [-0.15, -0.1) is 0 Å². The van der Waals surface area contributed by atoms with Crippen molar-refractivity contribution in [3.63, 3.8) is 0 Å². The molecule has 0 saturated heterocycles. The summed E-state index contributed by atoms with van der Waals surface area (Å²) in [5.41, 5.74) is 3.92. The van der Waals surface area contributed by atoms with Crippen LogP contribution in [0.2, 0.25) is 0 Å². The molecule has 0 radical (unpaired) electrons. The van der Waals surface area contributed by atoms with E-state index in [0.29, 0.717) is 0 Å². The summed E-state index contributed by atoms with van der Waals surface area (Å²) >= 11 is 0. The smallest absolute Gasteiger partial charge is 0.146 e. The second-order valence-corrected chi connectivity index (χ2v) is 4.72. The summed E-state index contributed by atoms with van der Waals surface area (Å²) in [5, 5.41) is 0. The Morgan fingerprint density at radius 3 is 2.56 bits per heavy atom. The van der Waals surface area contributed by atoms with Crippen LogP contribution in [0.5, 0.6) is 0 Å². The van der Waals surface area contributed by atoms with Crippen LogP contribution < -0.4 is 11.3 Å². The molecule has 1 aromatic rings. The Balaban J connectivity index is 2.00. The first kappa shape index (κ1) is 11.5. The van der Waals surface area contributed by atoms with Gasteiger partial charge in [-0.1, -0.05) is 25.7 Å². The van der Waals surface area contributed by atoms with Gasteiger partial charge in [0, 0.05) is 12.4 Å². The fourth-order valence-electron chi connectivity index (χ4n) is 2.41. The first-order valence-electron chi connectivity index (χ1n) is 6.04. The molecule has 88 valence electrons. The third-order valence-corrected chi connectivity index (χ3v) is 3.36. The van der Waals surface area contributed by atoms with Crippen molar-refractivity contribution < 1.29 is 0 Å². The number of aromatic nitrogens is 2. The summed E-state index contributed by atoms with van der Waals surface area (Å²) < 4.78 is 0. The van der Waals surface area contributed by atoms with Gasteiger partial charge >= 0.3 is 0 Å². The molecule has 0 aromatic carbocycles. The molecular weight excluding hydrogens is 200 g/mol. The minimum absolute atomic E-state index is 0.101. The van der Waals surface area contributed by atoms with Crippen LogP contribution in [-0.4, -0.2) is 9.97 Å². The van der Waals surface area contributed by atoms with Crippen LogP contribution in [0.25, 0.3) is 0 Å². The van der Waals surface area contributed by atoms with Crippen molar-refractivity contribution in [3.8, 4) is 0 Å². The van der Waals surface area contributed by atoms with Crippen molar-refractivity contribution in [2.24, 2.45) is 11.8 Å². The van der Waals surface area contributed by atoms with E-state index in [2.05, 4.69) is 15.4 Å². The van der Waals surface area contributed by atoms with Crippen LogP contribution in [0.3, 0.4) is 0 Å². The fourth-order valence-corrected chi connectivity index (χ4v) is 2.41. The lowest BCUT2D eigenvalue weighted by Gasteiger charge is -2.18. The molecule has 1 saturated carbocycles. The zero-order chi connectivity index (χ0) is 11.4. The maximum absolute atomic E-state index is 5.59. The highest BCUT2D eigenvalue weighted by molar-refractivity contribution is 5.04. The molecule has 0 spiro atoms. The number of hydrogen-bond acceptors (Lipinski definition) is 4. The van der Waals surface area contributed by atoms with E-state index in [9.17, 15) is 0 Å². The molecule has 16 heavy (non-hydrogen) atoms. The molecule has 0 amide bonds. The predicted octanol–water partition coefficient (Wildman–Crippen LogP) is 1.87. The highest BCUT2D eigenvalue weighted by Crippen LogP contribution is 2.31. The molecule has 1 aromatic heterocycles. The number of aryl methyl sites for hydroxylation is 1. The Kier molecular flexibility index (Phi) is 3.85. The summed E-state index contributed by atoms with van der Waals surface area (Å²) in [6, 6.07) is 0.101. The Bertz CT molecular complexity index is 316. The molecule has 0 bridgehead atoms. The molecule has 4 nitrogen and oxygen atoms in total. The first-order chi connectivity index (χ1) is 7.79. The Morgan fingerprint density at radius 1 is 1.38 bits per heavy atom. The Morgan fingerprint density at radius 2 is 2.00 bits per heavy atom. The number of nitrogens with zero attached hydrogens (tertiary/aromatic N) is 2. The quantitative estimate of drug-likeness (QED) is 0.600. The zero-order valence-corrected chi connectivity index (χ0v) is 9.82. The third kappa shape index (κ3) is 2.77. The number of rotatable bonds is 4. The molecule has 1 heterocycles. The van der Waals surface area contributed by atoms with Gasteiger partial charge in [-0.25, -0.2) is 15.4 Å². The number of nitrogens with two attached hydrogens (primary N) is 1. The number of nitrogens with one attached hydrogen (secondary N) is 1. The molecule has 0 aliphatic heterocycles. The monoisotopic (exact) mass is 220 g/mol. The molecular formula is C12H20N4. The average Bonchev–Trinajstić information content (AvgIpc) is 2.80. The zero-order valence-electron chi connectivity index (χ0n) is 9.82. The summed E-state index contributed by atoms with van der Waals surface area (Å²) in [4.78, 5) is 8.68. The topological polar surface area (TPSA) is 63.8 Å². The van der Waals surface area contributed by atoms with Gasteiger partial charge in [0.2, 0.25) is 0 Å². The van der Waals surface area contributed by atoms with E-state index in [1.54, 1.807) is 0 Å². The largest absolute Gasteiger partial charge is 0.271 e. The highest BCUT2D eigenvalue weighted by Gasteiger charge is 2.21. The van der Waals surface area contributed by atoms with Crippen LogP contribution in [0, 0.1) is 12.8 Å². The van der Waals surface area contributed by atoms with Gasteiger partial charge in [-0.3, -0.25) is 5.84 Å². The molecule has 1 aliphatic carbocycles. The summed E-state index contributed by atoms with van der Waals surface area (Å²) in [5.74, 6) is 7.19. The SMILES string of the molecule is Cc1cnc(C(CC2CCCC2)NN)nc1. The maximum atomic E-state index is 5.59. The molecule has 1 fully saturated rings. The summed E-state index contributed by atoms with van der Waals surface area (Å²) in [7, 11) is 0. The van der Waals surface area contributed by atoms with Gasteiger partial charge in [-0.05, 0) is 24.8 Å². The van der Waals surface area contributed by atoms with E-state index in [0.717, 1.165) is 23.7 Å². The molecule has 1 atom stereocenters. The van der Waals surface area contributed by atoms with E-state index in [1.165, 1.54) is 25.7 Å². The van der Waals surface area contributed by atoms with Crippen molar-refractivity contribution in [3.05, 3.63) is 23.8 Å². The van der Waals surface area contributed by atoms with Gasteiger partial charge in [0.1, 0.15) is 5.82 Å². The number of hydrogen-bond donors (Lipinski definition) is 2. The molecule has 1 aliphatic rings. The lowest BCUT2D eigenvalue weighted by Crippen LogP contribution is -2.30. The van der Waals surface area contributed by atoms with Crippen LogP contribution in [-0.2, 0) is 0 Å². The third-order valence-electron chi connectivity index (χ3n) is 3.36. The Hall–Kier alpha value is -1.00. The summed E-state index contributed by atoms with van der Waals surface area (Å²) in [6.45, 7) is 1.99. The minimum atomic E-state index is 0.101. The predicted molar refractivity (Wildman–Crippen MR) is 63.4 cm³/mol. The van der Waals surface area contributed by atoms with E-state index in [1.807, 2.05) is 19.3 Å². The molecule has 2 rings (SSSR count). The van der Waals surface area contributed by atoms with E-state index in [4.69, 9.17) is 5.84 Å². The van der Waals surface area contributed by atoms with E-state index in [-0.39, 0.29) is 6.04 Å². The number of hydrazine groups is 1. The second kappa shape index (κ2) is 5.37. The van der Waals surface area contributed by atoms with Gasteiger partial charge in [0.05, 0.1) is 6.04 Å². The maximum Gasteiger partial charge on any atom is 0.146 e. The van der Waals surface area contributed by atoms with Gasteiger partial charge in [0.25, 0.3) is 0 Å². The van der Waals surface area contributed by atoms with Crippen LogP contribution in [0.1, 0.15) is 49.5 Å². The highest BCUT2D eigenvalue weighted by atomic mass is 15.2. The van der Waals surface area contributed by atoms with Crippen LogP contribution in [0.4, 0.5) is 0 Å². The lowest BCUT2D eigenvalue weighted by atomic mass is 9.98. The standard InChI is InChI=1S/C12H20N4/c1-9-7-14-12(15-8-9)11(16-13)6-10-4-2-3-5-10/h7-8,10-11,16H,2-6,13H2,1H3. The average molecular weight is 220 g/mol. The fraction of sp³-hybridized carbons (Fsp3) is 0.667. The van der Waals surface area contributed by atoms with Crippen LogP contribution in [0.15, 0.2) is 12.4 Å². The molecule has 3 N–H and O–H groups in total. The lowest BCUT2D eigenvalue weighted by molar-refractivity contribution is 0.387. The first-order valence-corrected chi connectivity index (χ1v) is 6.04. The summed E-state index contributed by atoms with van der Waals surface area (Å²) in [6.07, 6.45) is 10.1. The van der Waals surface area contributed by atoms with E-state index < -0.39 is 0 Å². The van der Waals surface area contributed by atoms with Crippen molar-refractivity contribution in [2.75, 3.05) is 0 Å². The Labute approximate surface area is 96.6 Å². The van der Waals surface area contributed by atoms with Crippen molar-refractivity contribution in [1.82, 2.24) is 15.4 Å². The molecule has 1 unspecified atom stereocenters. The van der Waals surface area contributed by atoms with Gasteiger partial charge in [-0.2, -0.15) is 0 Å². The second-order valence-electron chi connectivity index (χ2n) is 4.72. The van der Waals surface area contributed by atoms with Crippen molar-refractivity contribution in [2.45, 2.75) is 45.1 Å². The van der Waals surface area contributed by atoms with Gasteiger partial charge in [0.15, 0.2) is 0 Å².